The molecule has 0 amide bonds. The Labute approximate surface area is 80.1 Å². The van der Waals surface area contributed by atoms with Gasteiger partial charge in [0.15, 0.2) is 5.60 Å². The van der Waals surface area contributed by atoms with E-state index in [4.69, 9.17) is 4.74 Å². The molecule has 0 rings (SSSR count). The van der Waals surface area contributed by atoms with E-state index in [9.17, 15) is 9.90 Å². The summed E-state index contributed by atoms with van der Waals surface area (Å²) in [5.74, 6) is -0.574. The molecule has 0 fully saturated rings. The number of ether oxygens (including phenoxy) is 1. The second-order valence-corrected chi connectivity index (χ2v) is 4.97. The minimum absolute atomic E-state index is 0.0963. The molecule has 78 valence electrons. The molecule has 0 aliphatic carbocycles. The molecular formula is C10H20O3. The molecule has 3 nitrogen and oxygen atoms in total. The van der Waals surface area contributed by atoms with Gasteiger partial charge in [0, 0.05) is 0 Å². The molecule has 13 heavy (non-hydrogen) atoms. The SMILES string of the molecule is CC(OC(=O)C(C)(C)O)C(C)(C)C. The normalized spacial score (nSPS) is 15.3. The Hall–Kier alpha value is -0.570. The zero-order chi connectivity index (χ0) is 10.9. The van der Waals surface area contributed by atoms with E-state index in [0.717, 1.165) is 0 Å². The molecule has 1 unspecified atom stereocenters. The first kappa shape index (κ1) is 12.4. The molecule has 0 radical (unpaired) electrons. The summed E-state index contributed by atoms with van der Waals surface area (Å²) >= 11 is 0. The third kappa shape index (κ3) is 4.27. The summed E-state index contributed by atoms with van der Waals surface area (Å²) in [5.41, 5.74) is -1.50. The summed E-state index contributed by atoms with van der Waals surface area (Å²) < 4.78 is 5.09. The lowest BCUT2D eigenvalue weighted by Gasteiger charge is -2.29. The van der Waals surface area contributed by atoms with Gasteiger partial charge in [0.25, 0.3) is 0 Å². The number of carbonyl (C=O) groups is 1. The van der Waals surface area contributed by atoms with Crippen molar-refractivity contribution in [2.24, 2.45) is 5.41 Å². The van der Waals surface area contributed by atoms with Gasteiger partial charge < -0.3 is 9.84 Å². The van der Waals surface area contributed by atoms with Crippen molar-refractivity contribution in [3.63, 3.8) is 0 Å². The van der Waals surface area contributed by atoms with Crippen LogP contribution < -0.4 is 0 Å². The van der Waals surface area contributed by atoms with E-state index in [1.54, 1.807) is 0 Å². The minimum atomic E-state index is -1.40. The molecule has 0 spiro atoms. The van der Waals surface area contributed by atoms with Crippen molar-refractivity contribution in [3.8, 4) is 0 Å². The molecular weight excluding hydrogens is 168 g/mol. The van der Waals surface area contributed by atoms with Gasteiger partial charge in [-0.05, 0) is 26.2 Å². The summed E-state index contributed by atoms with van der Waals surface area (Å²) in [5, 5.41) is 9.33. The maximum absolute atomic E-state index is 11.2. The van der Waals surface area contributed by atoms with Gasteiger partial charge in [0.1, 0.15) is 6.10 Å². The van der Waals surface area contributed by atoms with Crippen LogP contribution in [0.5, 0.6) is 0 Å². The Balaban J connectivity index is 4.24. The molecule has 0 heterocycles. The smallest absolute Gasteiger partial charge is 0.337 e. The van der Waals surface area contributed by atoms with Crippen LogP contribution in [0.3, 0.4) is 0 Å². The highest BCUT2D eigenvalue weighted by Gasteiger charge is 2.31. The van der Waals surface area contributed by atoms with Crippen molar-refractivity contribution in [1.29, 1.82) is 0 Å². The van der Waals surface area contributed by atoms with Gasteiger partial charge in [-0.25, -0.2) is 4.79 Å². The number of hydrogen-bond donors (Lipinski definition) is 1. The highest BCUT2D eigenvalue weighted by atomic mass is 16.6. The van der Waals surface area contributed by atoms with Crippen LogP contribution in [0.2, 0.25) is 0 Å². The van der Waals surface area contributed by atoms with Crippen LogP contribution in [0, 0.1) is 5.41 Å². The molecule has 3 heteroatoms. The van der Waals surface area contributed by atoms with Crippen LogP contribution in [0.15, 0.2) is 0 Å². The zero-order valence-electron chi connectivity index (χ0n) is 9.34. The Bertz CT molecular complexity index is 183. The molecule has 0 aliphatic heterocycles. The van der Waals surface area contributed by atoms with Gasteiger partial charge in [0.05, 0.1) is 0 Å². The van der Waals surface area contributed by atoms with E-state index >= 15 is 0 Å². The van der Waals surface area contributed by atoms with Crippen LogP contribution in [0.1, 0.15) is 41.5 Å². The number of carbonyl (C=O) groups excluding carboxylic acids is 1. The summed E-state index contributed by atoms with van der Waals surface area (Å²) in [6.45, 7) is 10.6. The summed E-state index contributed by atoms with van der Waals surface area (Å²) in [6.07, 6.45) is -0.202. The van der Waals surface area contributed by atoms with E-state index in [1.165, 1.54) is 13.8 Å². The molecule has 0 bridgehead atoms. The summed E-state index contributed by atoms with van der Waals surface area (Å²) in [7, 11) is 0. The monoisotopic (exact) mass is 188 g/mol. The fourth-order valence-electron chi connectivity index (χ4n) is 0.482. The molecule has 0 aromatic heterocycles. The molecule has 0 saturated carbocycles. The number of rotatable bonds is 2. The first-order valence-electron chi connectivity index (χ1n) is 4.48. The lowest BCUT2D eigenvalue weighted by Crippen LogP contribution is -2.38. The van der Waals surface area contributed by atoms with Gasteiger partial charge in [-0.3, -0.25) is 0 Å². The van der Waals surface area contributed by atoms with Crippen LogP contribution in [0.4, 0.5) is 0 Å². The molecule has 1 N–H and O–H groups in total. The van der Waals surface area contributed by atoms with E-state index < -0.39 is 11.6 Å². The third-order valence-electron chi connectivity index (χ3n) is 2.00. The highest BCUT2D eigenvalue weighted by Crippen LogP contribution is 2.23. The maximum atomic E-state index is 11.2. The van der Waals surface area contributed by atoms with Crippen LogP contribution in [0.25, 0.3) is 0 Å². The molecule has 1 atom stereocenters. The molecule has 0 aliphatic rings. The Morgan fingerprint density at radius 2 is 1.62 bits per heavy atom. The zero-order valence-corrected chi connectivity index (χ0v) is 9.34. The first-order chi connectivity index (χ1) is 5.55. The predicted molar refractivity (Wildman–Crippen MR) is 51.3 cm³/mol. The van der Waals surface area contributed by atoms with Crippen LogP contribution in [-0.4, -0.2) is 22.8 Å². The Morgan fingerprint density at radius 1 is 1.23 bits per heavy atom. The summed E-state index contributed by atoms with van der Waals surface area (Å²) in [4.78, 5) is 11.2. The minimum Gasteiger partial charge on any atom is -0.460 e. The fourth-order valence-corrected chi connectivity index (χ4v) is 0.482. The quantitative estimate of drug-likeness (QED) is 0.671. The van der Waals surface area contributed by atoms with Gasteiger partial charge in [0.2, 0.25) is 0 Å². The molecule has 0 aromatic carbocycles. The second kappa shape index (κ2) is 3.66. The van der Waals surface area contributed by atoms with Crippen molar-refractivity contribution >= 4 is 5.97 Å². The Kier molecular flexibility index (Phi) is 3.50. The predicted octanol–water partition coefficient (Wildman–Crippen LogP) is 1.74. The van der Waals surface area contributed by atoms with E-state index in [2.05, 4.69) is 0 Å². The van der Waals surface area contributed by atoms with Crippen molar-refractivity contribution in [1.82, 2.24) is 0 Å². The second-order valence-electron chi connectivity index (χ2n) is 4.97. The average Bonchev–Trinajstić information content (AvgIpc) is 1.82. The van der Waals surface area contributed by atoms with Gasteiger partial charge in [-0.1, -0.05) is 20.8 Å². The lowest BCUT2D eigenvalue weighted by molar-refractivity contribution is -0.171. The number of esters is 1. The van der Waals surface area contributed by atoms with Crippen molar-refractivity contribution in [3.05, 3.63) is 0 Å². The molecule has 0 aromatic rings. The van der Waals surface area contributed by atoms with Gasteiger partial charge in [-0.2, -0.15) is 0 Å². The Morgan fingerprint density at radius 3 is 1.85 bits per heavy atom. The largest absolute Gasteiger partial charge is 0.460 e. The van der Waals surface area contributed by atoms with Crippen molar-refractivity contribution in [2.45, 2.75) is 53.2 Å². The van der Waals surface area contributed by atoms with E-state index in [1.807, 2.05) is 27.7 Å². The van der Waals surface area contributed by atoms with E-state index in [0.29, 0.717) is 0 Å². The standard InChI is InChI=1S/C10H20O3/c1-7(9(2,3)4)13-8(11)10(5,6)12/h7,12H,1-6H3. The fraction of sp³-hybridized carbons (Fsp3) is 0.900. The number of aliphatic hydroxyl groups is 1. The average molecular weight is 188 g/mol. The number of hydrogen-bond acceptors (Lipinski definition) is 3. The van der Waals surface area contributed by atoms with Crippen molar-refractivity contribution < 1.29 is 14.6 Å². The highest BCUT2D eigenvalue weighted by molar-refractivity contribution is 5.78. The van der Waals surface area contributed by atoms with Crippen LogP contribution >= 0.6 is 0 Å². The summed E-state index contributed by atoms with van der Waals surface area (Å²) in [6, 6.07) is 0. The maximum Gasteiger partial charge on any atom is 0.337 e. The topological polar surface area (TPSA) is 46.5 Å². The third-order valence-corrected chi connectivity index (χ3v) is 2.00. The lowest BCUT2D eigenvalue weighted by atomic mass is 9.90. The van der Waals surface area contributed by atoms with Gasteiger partial charge >= 0.3 is 5.97 Å². The van der Waals surface area contributed by atoms with E-state index in [-0.39, 0.29) is 11.5 Å². The molecule has 0 saturated heterocycles. The van der Waals surface area contributed by atoms with Crippen molar-refractivity contribution in [2.75, 3.05) is 0 Å². The van der Waals surface area contributed by atoms with Crippen LogP contribution in [-0.2, 0) is 9.53 Å². The first-order valence-corrected chi connectivity index (χ1v) is 4.48. The van der Waals surface area contributed by atoms with Gasteiger partial charge in [-0.15, -0.1) is 0 Å².